The van der Waals surface area contributed by atoms with E-state index in [1.807, 2.05) is 66.7 Å². The summed E-state index contributed by atoms with van der Waals surface area (Å²) in [6.07, 6.45) is 0. The maximum absolute atomic E-state index is 9.93. The number of aromatic nitrogens is 2. The van der Waals surface area contributed by atoms with Crippen molar-refractivity contribution in [2.75, 3.05) is 5.32 Å². The monoisotopic (exact) mass is 625 g/mol. The second kappa shape index (κ2) is 11.3. The molecule has 228 valence electrons. The van der Waals surface area contributed by atoms with Crippen LogP contribution in [0.25, 0.3) is 66.1 Å². The van der Waals surface area contributed by atoms with E-state index >= 15 is 0 Å². The van der Waals surface area contributed by atoms with Crippen molar-refractivity contribution < 1.29 is 0 Å². The van der Waals surface area contributed by atoms with Crippen LogP contribution in [0.4, 0.5) is 11.4 Å². The van der Waals surface area contributed by atoms with Gasteiger partial charge in [0.1, 0.15) is 6.07 Å². The van der Waals surface area contributed by atoms with Crippen molar-refractivity contribution in [2.24, 2.45) is 0 Å². The van der Waals surface area contributed by atoms with E-state index in [1.54, 1.807) is 0 Å². The number of para-hydroxylation sites is 3. The molecule has 2 aromatic heterocycles. The molecule has 0 bridgehead atoms. The van der Waals surface area contributed by atoms with E-state index in [0.29, 0.717) is 11.1 Å². The lowest BCUT2D eigenvalue weighted by atomic mass is 9.99. The summed E-state index contributed by atoms with van der Waals surface area (Å²) < 4.78 is 4.66. The van der Waals surface area contributed by atoms with E-state index in [4.69, 9.17) is 0 Å². The highest BCUT2D eigenvalue weighted by Gasteiger charge is 2.24. The fraction of sp³-hybridized carbons (Fsp3) is 0. The van der Waals surface area contributed by atoms with Gasteiger partial charge in [0.15, 0.2) is 0 Å². The van der Waals surface area contributed by atoms with Gasteiger partial charge in [0.05, 0.1) is 45.0 Å². The van der Waals surface area contributed by atoms with Crippen molar-refractivity contribution in [3.8, 4) is 34.6 Å². The predicted octanol–water partition coefficient (Wildman–Crippen LogP) is 11.0. The molecule has 9 rings (SSSR count). The van der Waals surface area contributed by atoms with Crippen LogP contribution in [0.1, 0.15) is 11.1 Å². The van der Waals surface area contributed by atoms with E-state index in [0.717, 1.165) is 77.5 Å². The van der Waals surface area contributed by atoms with Crippen LogP contribution in [0.2, 0.25) is 0 Å². The Labute approximate surface area is 282 Å². The SMILES string of the molecule is N#Cc1ccc2c3c(ccc4c5ccc(Nc6ccccc6C#N)c(-c6ccccc6)c5n(-c5ccccc5)c43)n(-c3ccccc3)c2c1. The Morgan fingerprint density at radius 1 is 0.469 bits per heavy atom. The maximum Gasteiger partial charge on any atom is 0.101 e. The molecular weight excluding hydrogens is 599 g/mol. The molecule has 9 aromatic rings. The van der Waals surface area contributed by atoms with E-state index in [9.17, 15) is 10.5 Å². The zero-order valence-electron chi connectivity index (χ0n) is 26.3. The Hall–Kier alpha value is -7.08. The van der Waals surface area contributed by atoms with Gasteiger partial charge in [0.2, 0.25) is 0 Å². The van der Waals surface area contributed by atoms with Gasteiger partial charge in [0.25, 0.3) is 0 Å². The molecule has 5 nitrogen and oxygen atoms in total. The molecule has 0 unspecified atom stereocenters. The Morgan fingerprint density at radius 3 is 1.80 bits per heavy atom. The number of anilines is 2. The summed E-state index contributed by atoms with van der Waals surface area (Å²) in [6.45, 7) is 0. The van der Waals surface area contributed by atoms with Crippen molar-refractivity contribution in [3.63, 3.8) is 0 Å². The van der Waals surface area contributed by atoms with Crippen LogP contribution in [0.3, 0.4) is 0 Å². The fourth-order valence-electron chi connectivity index (χ4n) is 7.29. The minimum Gasteiger partial charge on any atom is -0.354 e. The van der Waals surface area contributed by atoms with Crippen LogP contribution in [-0.4, -0.2) is 9.13 Å². The third-order valence-electron chi connectivity index (χ3n) is 9.36. The number of rotatable bonds is 5. The molecule has 7 aromatic carbocycles. The van der Waals surface area contributed by atoms with Crippen LogP contribution in [-0.2, 0) is 0 Å². The minimum absolute atomic E-state index is 0.581. The van der Waals surface area contributed by atoms with Crippen molar-refractivity contribution >= 4 is 55.0 Å². The molecule has 0 saturated carbocycles. The molecule has 0 fully saturated rings. The number of hydrogen-bond donors (Lipinski definition) is 1. The van der Waals surface area contributed by atoms with Gasteiger partial charge >= 0.3 is 0 Å². The zero-order chi connectivity index (χ0) is 32.9. The first-order valence-electron chi connectivity index (χ1n) is 16.2. The van der Waals surface area contributed by atoms with Crippen molar-refractivity contribution in [1.82, 2.24) is 9.13 Å². The average Bonchev–Trinajstić information content (AvgIpc) is 3.68. The molecule has 0 saturated heterocycles. The highest BCUT2D eigenvalue weighted by molar-refractivity contribution is 6.28. The molecule has 1 N–H and O–H groups in total. The van der Waals surface area contributed by atoms with Crippen molar-refractivity contribution in [1.29, 1.82) is 10.5 Å². The minimum atomic E-state index is 0.581. The van der Waals surface area contributed by atoms with Gasteiger partial charge in [0, 0.05) is 44.2 Å². The lowest BCUT2D eigenvalue weighted by Gasteiger charge is -2.17. The highest BCUT2D eigenvalue weighted by atomic mass is 15.0. The molecular formula is C44H27N5. The number of benzene rings is 7. The van der Waals surface area contributed by atoms with Crippen LogP contribution < -0.4 is 5.32 Å². The van der Waals surface area contributed by atoms with Gasteiger partial charge < -0.3 is 14.5 Å². The molecule has 5 heteroatoms. The average molecular weight is 626 g/mol. The van der Waals surface area contributed by atoms with Gasteiger partial charge in [-0.15, -0.1) is 0 Å². The van der Waals surface area contributed by atoms with Crippen molar-refractivity contribution in [3.05, 3.63) is 169 Å². The number of hydrogen-bond acceptors (Lipinski definition) is 3. The number of nitrogens with zero attached hydrogens (tertiary/aromatic N) is 4. The molecule has 0 aliphatic heterocycles. The van der Waals surface area contributed by atoms with E-state index in [1.165, 1.54) is 0 Å². The van der Waals surface area contributed by atoms with Crippen LogP contribution >= 0.6 is 0 Å². The quantitative estimate of drug-likeness (QED) is 0.207. The zero-order valence-corrected chi connectivity index (χ0v) is 26.3. The lowest BCUT2D eigenvalue weighted by molar-refractivity contribution is 1.17. The normalized spacial score (nSPS) is 11.2. The smallest absolute Gasteiger partial charge is 0.101 e. The van der Waals surface area contributed by atoms with Gasteiger partial charge in [-0.25, -0.2) is 0 Å². The molecule has 0 aliphatic rings. The summed E-state index contributed by atoms with van der Waals surface area (Å²) in [5.74, 6) is 0. The summed E-state index contributed by atoms with van der Waals surface area (Å²) in [6, 6.07) is 58.4. The van der Waals surface area contributed by atoms with Crippen LogP contribution in [0.15, 0.2) is 158 Å². The molecule has 0 spiro atoms. The Bertz CT molecular complexity index is 2800. The topological polar surface area (TPSA) is 69.5 Å². The largest absolute Gasteiger partial charge is 0.354 e. The summed E-state index contributed by atoms with van der Waals surface area (Å²) >= 11 is 0. The highest BCUT2D eigenvalue weighted by Crippen LogP contribution is 2.47. The number of fused-ring (bicyclic) bond motifs is 7. The van der Waals surface area contributed by atoms with Gasteiger partial charge in [-0.1, -0.05) is 97.1 Å². The lowest BCUT2D eigenvalue weighted by Crippen LogP contribution is -2.00. The first-order chi connectivity index (χ1) is 24.2. The van der Waals surface area contributed by atoms with Gasteiger partial charge in [-0.05, 0) is 66.2 Å². The van der Waals surface area contributed by atoms with Crippen molar-refractivity contribution in [2.45, 2.75) is 0 Å². The van der Waals surface area contributed by atoms with Crippen LogP contribution in [0.5, 0.6) is 0 Å². The first-order valence-corrected chi connectivity index (χ1v) is 16.2. The Balaban J connectivity index is 1.49. The fourth-order valence-corrected chi connectivity index (χ4v) is 7.29. The molecule has 49 heavy (non-hydrogen) atoms. The summed E-state index contributed by atoms with van der Waals surface area (Å²) in [5.41, 5.74) is 11.2. The molecule has 0 aliphatic carbocycles. The molecule has 2 heterocycles. The summed E-state index contributed by atoms with van der Waals surface area (Å²) in [4.78, 5) is 0. The second-order valence-corrected chi connectivity index (χ2v) is 12.1. The molecule has 0 atom stereocenters. The van der Waals surface area contributed by atoms with Gasteiger partial charge in [-0.2, -0.15) is 10.5 Å². The van der Waals surface area contributed by atoms with E-state index in [2.05, 4.69) is 118 Å². The first kappa shape index (κ1) is 28.2. The van der Waals surface area contributed by atoms with E-state index in [-0.39, 0.29) is 0 Å². The van der Waals surface area contributed by atoms with Crippen LogP contribution in [0, 0.1) is 22.7 Å². The maximum atomic E-state index is 9.93. The molecule has 0 amide bonds. The summed E-state index contributed by atoms with van der Waals surface area (Å²) in [7, 11) is 0. The standard InChI is InChI=1S/C44H27N5/c45-27-29-20-21-36-40(26-29)48(32-15-6-2-7-16-32)39-25-23-35-34-22-24-38(47-37-19-11-10-14-31(37)28-46)41(30-12-4-1-5-13-30)43(34)49(44(35)42(36)39)33-17-8-3-9-18-33/h1-26,47H. The van der Waals surface area contributed by atoms with E-state index < -0.39 is 0 Å². The number of nitrogens with one attached hydrogen (secondary N) is 1. The predicted molar refractivity (Wildman–Crippen MR) is 200 cm³/mol. The third kappa shape index (κ3) is 4.38. The Morgan fingerprint density at radius 2 is 1.08 bits per heavy atom. The molecule has 0 radical (unpaired) electrons. The van der Waals surface area contributed by atoms with Gasteiger partial charge in [-0.3, -0.25) is 0 Å². The Kier molecular flexibility index (Phi) is 6.50. The summed E-state index contributed by atoms with van der Waals surface area (Å²) in [5, 5.41) is 27.9. The third-order valence-corrected chi connectivity index (χ3v) is 9.36. The second-order valence-electron chi connectivity index (χ2n) is 12.1. The number of nitriles is 2.